The van der Waals surface area contributed by atoms with Crippen LogP contribution < -0.4 is 10.6 Å². The number of carbonyl (C=O) groups excluding carboxylic acids is 2. The summed E-state index contributed by atoms with van der Waals surface area (Å²) in [6, 6.07) is 18.2. The molecule has 0 atom stereocenters. The van der Waals surface area contributed by atoms with E-state index < -0.39 is 5.91 Å². The molecule has 0 bridgehead atoms. The summed E-state index contributed by atoms with van der Waals surface area (Å²) >= 11 is 4.74. The molecule has 0 saturated heterocycles. The number of halogens is 1. The molecule has 0 unspecified atom stereocenters. The van der Waals surface area contributed by atoms with Gasteiger partial charge in [-0.25, -0.2) is 9.67 Å². The van der Waals surface area contributed by atoms with Crippen LogP contribution in [0.1, 0.15) is 25.6 Å². The van der Waals surface area contributed by atoms with Crippen molar-refractivity contribution in [3.05, 3.63) is 92.8 Å². The average molecular weight is 482 g/mol. The number of para-hydroxylation sites is 1. The number of nitrogens with one attached hydrogen (secondary N) is 2. The van der Waals surface area contributed by atoms with E-state index in [2.05, 4.69) is 36.6 Å². The molecular formula is C21H16BrN5O2S. The Hall–Kier alpha value is -3.30. The van der Waals surface area contributed by atoms with E-state index in [1.54, 1.807) is 47.4 Å². The first kappa shape index (κ1) is 20.0. The maximum Gasteiger partial charge on any atom is 0.265 e. The summed E-state index contributed by atoms with van der Waals surface area (Å²) in [4.78, 5) is 29.8. The van der Waals surface area contributed by atoms with Crippen LogP contribution in [0, 0.1) is 0 Å². The van der Waals surface area contributed by atoms with Crippen molar-refractivity contribution in [3.63, 3.8) is 0 Å². The number of hydrogen-bond acceptors (Lipinski definition) is 5. The second-order valence-electron chi connectivity index (χ2n) is 6.32. The summed E-state index contributed by atoms with van der Waals surface area (Å²) in [5.41, 5.74) is 1.80. The van der Waals surface area contributed by atoms with E-state index in [0.29, 0.717) is 22.7 Å². The van der Waals surface area contributed by atoms with E-state index in [1.165, 1.54) is 11.3 Å². The molecule has 2 N–H and O–H groups in total. The molecule has 150 valence electrons. The van der Waals surface area contributed by atoms with E-state index in [9.17, 15) is 9.59 Å². The normalized spacial score (nSPS) is 10.6. The number of thiophene rings is 1. The molecule has 2 aromatic carbocycles. The van der Waals surface area contributed by atoms with Crippen molar-refractivity contribution in [2.75, 3.05) is 10.6 Å². The van der Waals surface area contributed by atoms with Gasteiger partial charge in [0, 0.05) is 4.47 Å². The standard InChI is InChI=1S/C21H16BrN5O2S/c22-15-9-7-14(8-10-15)12-27-13-23-21(26-27)25-19(28)16-4-1-2-5-17(16)24-20(29)18-6-3-11-30-18/h1-11,13H,12H2,(H,24,29)(H,25,26,28). The molecular weight excluding hydrogens is 466 g/mol. The lowest BCUT2D eigenvalue weighted by atomic mass is 10.1. The third-order valence-electron chi connectivity index (χ3n) is 4.18. The Labute approximate surface area is 184 Å². The molecule has 4 aromatic rings. The number of rotatable bonds is 6. The predicted octanol–water partition coefficient (Wildman–Crippen LogP) is 4.66. The Bertz CT molecular complexity index is 1170. The fourth-order valence-electron chi connectivity index (χ4n) is 2.76. The molecule has 2 amide bonds. The smallest absolute Gasteiger partial charge is 0.265 e. The van der Waals surface area contributed by atoms with Crippen LogP contribution in [0.2, 0.25) is 0 Å². The van der Waals surface area contributed by atoms with Crippen molar-refractivity contribution in [1.29, 1.82) is 0 Å². The van der Waals surface area contributed by atoms with Crippen molar-refractivity contribution in [2.45, 2.75) is 6.54 Å². The monoisotopic (exact) mass is 481 g/mol. The Morgan fingerprint density at radius 2 is 1.77 bits per heavy atom. The van der Waals surface area contributed by atoms with Gasteiger partial charge in [0.1, 0.15) is 6.33 Å². The van der Waals surface area contributed by atoms with Crippen LogP contribution in [0.3, 0.4) is 0 Å². The SMILES string of the molecule is O=C(Nc1ccccc1C(=O)Nc1ncn(Cc2ccc(Br)cc2)n1)c1cccs1. The fraction of sp³-hybridized carbons (Fsp3) is 0.0476. The molecule has 0 spiro atoms. The second kappa shape index (κ2) is 9.02. The number of hydrogen-bond donors (Lipinski definition) is 2. The molecule has 30 heavy (non-hydrogen) atoms. The van der Waals surface area contributed by atoms with Crippen molar-refractivity contribution in [2.24, 2.45) is 0 Å². The molecule has 0 aliphatic carbocycles. The molecule has 4 rings (SSSR count). The molecule has 7 nitrogen and oxygen atoms in total. The number of nitrogens with zero attached hydrogens (tertiary/aromatic N) is 3. The minimum atomic E-state index is -0.404. The first-order valence-corrected chi connectivity index (χ1v) is 10.6. The van der Waals surface area contributed by atoms with Crippen molar-refractivity contribution < 1.29 is 9.59 Å². The molecule has 0 aliphatic rings. The summed E-state index contributed by atoms with van der Waals surface area (Å²) in [7, 11) is 0. The van der Waals surface area contributed by atoms with E-state index in [-0.39, 0.29) is 11.9 Å². The van der Waals surface area contributed by atoms with E-state index in [0.717, 1.165) is 10.0 Å². The number of anilines is 2. The highest BCUT2D eigenvalue weighted by atomic mass is 79.9. The first-order chi connectivity index (χ1) is 14.6. The minimum absolute atomic E-state index is 0.191. The number of benzene rings is 2. The van der Waals surface area contributed by atoms with E-state index in [4.69, 9.17) is 0 Å². The van der Waals surface area contributed by atoms with Crippen LogP contribution in [0.15, 0.2) is 76.8 Å². The Morgan fingerprint density at radius 1 is 0.967 bits per heavy atom. The Morgan fingerprint density at radius 3 is 2.53 bits per heavy atom. The summed E-state index contributed by atoms with van der Waals surface area (Å²) in [5.74, 6) is -0.475. The topological polar surface area (TPSA) is 88.9 Å². The summed E-state index contributed by atoms with van der Waals surface area (Å²) in [6.45, 7) is 0.531. The van der Waals surface area contributed by atoms with Gasteiger partial charge in [0.15, 0.2) is 0 Å². The van der Waals surface area contributed by atoms with Crippen LogP contribution >= 0.6 is 27.3 Å². The van der Waals surface area contributed by atoms with Crippen LogP contribution in [0.5, 0.6) is 0 Å². The highest BCUT2D eigenvalue weighted by molar-refractivity contribution is 9.10. The van der Waals surface area contributed by atoms with Crippen molar-refractivity contribution >= 4 is 50.7 Å². The third-order valence-corrected chi connectivity index (χ3v) is 5.58. The third kappa shape index (κ3) is 4.81. The van der Waals surface area contributed by atoms with E-state index >= 15 is 0 Å². The average Bonchev–Trinajstić information content (AvgIpc) is 3.42. The van der Waals surface area contributed by atoms with Gasteiger partial charge >= 0.3 is 0 Å². The Kier molecular flexibility index (Phi) is 6.01. The number of carbonyl (C=O) groups is 2. The van der Waals surface area contributed by atoms with Gasteiger partial charge in [0.25, 0.3) is 11.8 Å². The van der Waals surface area contributed by atoms with Crippen LogP contribution in [0.25, 0.3) is 0 Å². The van der Waals surface area contributed by atoms with E-state index in [1.807, 2.05) is 29.6 Å². The zero-order chi connectivity index (χ0) is 20.9. The second-order valence-corrected chi connectivity index (χ2v) is 8.19. The maximum atomic E-state index is 12.8. The first-order valence-electron chi connectivity index (χ1n) is 8.97. The van der Waals surface area contributed by atoms with Gasteiger partial charge < -0.3 is 5.32 Å². The highest BCUT2D eigenvalue weighted by Crippen LogP contribution is 2.19. The predicted molar refractivity (Wildman–Crippen MR) is 120 cm³/mol. The number of amides is 2. The van der Waals surface area contributed by atoms with Crippen molar-refractivity contribution in [3.8, 4) is 0 Å². The quantitative estimate of drug-likeness (QED) is 0.419. The Balaban J connectivity index is 1.45. The van der Waals surface area contributed by atoms with Crippen LogP contribution in [-0.4, -0.2) is 26.6 Å². The zero-order valence-electron chi connectivity index (χ0n) is 15.6. The maximum absolute atomic E-state index is 12.8. The molecule has 0 fully saturated rings. The van der Waals surface area contributed by atoms with Gasteiger partial charge in [-0.3, -0.25) is 14.9 Å². The summed E-state index contributed by atoms with van der Waals surface area (Å²) in [6.07, 6.45) is 1.56. The van der Waals surface area contributed by atoms with Gasteiger partial charge in [0.05, 0.1) is 22.7 Å². The highest BCUT2D eigenvalue weighted by Gasteiger charge is 2.16. The zero-order valence-corrected chi connectivity index (χ0v) is 18.0. The molecule has 0 aliphatic heterocycles. The fourth-order valence-corrected chi connectivity index (χ4v) is 3.64. The molecule has 9 heteroatoms. The van der Waals surface area contributed by atoms with Gasteiger partial charge in [-0.1, -0.05) is 46.3 Å². The minimum Gasteiger partial charge on any atom is -0.321 e. The lowest BCUT2D eigenvalue weighted by molar-refractivity contribution is 0.102. The van der Waals surface area contributed by atoms with Crippen LogP contribution in [-0.2, 0) is 6.54 Å². The largest absolute Gasteiger partial charge is 0.321 e. The molecule has 2 aromatic heterocycles. The lowest BCUT2D eigenvalue weighted by Crippen LogP contribution is -2.18. The van der Waals surface area contributed by atoms with Gasteiger partial charge in [-0.05, 0) is 41.3 Å². The van der Waals surface area contributed by atoms with Gasteiger partial charge in [-0.2, -0.15) is 0 Å². The molecule has 0 saturated carbocycles. The number of aromatic nitrogens is 3. The molecule has 0 radical (unpaired) electrons. The summed E-state index contributed by atoms with van der Waals surface area (Å²) in [5, 5.41) is 11.6. The molecule has 2 heterocycles. The van der Waals surface area contributed by atoms with Gasteiger partial charge in [-0.15, -0.1) is 16.4 Å². The van der Waals surface area contributed by atoms with Crippen LogP contribution in [0.4, 0.5) is 11.6 Å². The lowest BCUT2D eigenvalue weighted by Gasteiger charge is -2.09. The summed E-state index contributed by atoms with van der Waals surface area (Å²) < 4.78 is 2.64. The van der Waals surface area contributed by atoms with Gasteiger partial charge in [0.2, 0.25) is 5.95 Å². The van der Waals surface area contributed by atoms with Crippen molar-refractivity contribution in [1.82, 2.24) is 14.8 Å².